The molecule has 0 fully saturated rings. The van der Waals surface area contributed by atoms with Crippen LogP contribution in [0.3, 0.4) is 0 Å². The monoisotopic (exact) mass is 497 g/mol. The molecule has 6 aromatic rings. The van der Waals surface area contributed by atoms with Gasteiger partial charge in [0.05, 0.1) is 29.7 Å². The number of aromatic amines is 1. The lowest BCUT2D eigenvalue weighted by Gasteiger charge is -2.08. The van der Waals surface area contributed by atoms with Crippen LogP contribution in [0, 0.1) is 6.92 Å². The number of para-hydroxylation sites is 1. The molecule has 0 aliphatic heterocycles. The standard InChI is InChI=1S/C32H27N5O/c1-23-12-8-9-17-26(23)20-37-21-27(35-36-37)22-38-29-19-11-10-18-28(29)32-33-30(24-13-4-2-5-14-24)31(34-32)25-15-6-3-7-16-25/h2-19,21H,20,22H2,1H3,(H,33,34). The van der Waals surface area contributed by atoms with Crippen molar-refractivity contribution in [3.05, 3.63) is 132 Å². The molecule has 0 saturated heterocycles. The van der Waals surface area contributed by atoms with E-state index in [1.165, 1.54) is 11.1 Å². The van der Waals surface area contributed by atoms with Crippen LogP contribution in [-0.4, -0.2) is 25.0 Å². The largest absolute Gasteiger partial charge is 0.486 e. The lowest BCUT2D eigenvalue weighted by Crippen LogP contribution is -2.02. The van der Waals surface area contributed by atoms with Crippen molar-refractivity contribution in [2.24, 2.45) is 0 Å². The number of aromatic nitrogens is 5. The average Bonchev–Trinajstić information content (AvgIpc) is 3.62. The minimum absolute atomic E-state index is 0.308. The van der Waals surface area contributed by atoms with Crippen LogP contribution in [0.15, 0.2) is 115 Å². The predicted octanol–water partition coefficient (Wildman–Crippen LogP) is 6.94. The third-order valence-corrected chi connectivity index (χ3v) is 6.51. The zero-order chi connectivity index (χ0) is 25.7. The van der Waals surface area contributed by atoms with Gasteiger partial charge in [0.1, 0.15) is 23.9 Å². The van der Waals surface area contributed by atoms with E-state index in [1.807, 2.05) is 83.7 Å². The van der Waals surface area contributed by atoms with Gasteiger partial charge in [0.15, 0.2) is 0 Å². The highest BCUT2D eigenvalue weighted by molar-refractivity contribution is 5.82. The first-order chi connectivity index (χ1) is 18.7. The first-order valence-corrected chi connectivity index (χ1v) is 12.6. The van der Waals surface area contributed by atoms with Gasteiger partial charge in [0.25, 0.3) is 0 Å². The van der Waals surface area contributed by atoms with E-state index in [9.17, 15) is 0 Å². The van der Waals surface area contributed by atoms with Gasteiger partial charge in [-0.3, -0.25) is 0 Å². The molecule has 0 saturated carbocycles. The van der Waals surface area contributed by atoms with E-state index < -0.39 is 0 Å². The Morgan fingerprint density at radius 1 is 0.763 bits per heavy atom. The normalized spacial score (nSPS) is 11.0. The summed E-state index contributed by atoms with van der Waals surface area (Å²) in [5.41, 5.74) is 8.11. The fraction of sp³-hybridized carbons (Fsp3) is 0.0938. The van der Waals surface area contributed by atoms with Gasteiger partial charge in [-0.25, -0.2) is 9.67 Å². The van der Waals surface area contributed by atoms with Gasteiger partial charge in [0.2, 0.25) is 0 Å². The molecule has 6 rings (SSSR count). The number of benzene rings is 4. The van der Waals surface area contributed by atoms with Crippen LogP contribution < -0.4 is 4.74 Å². The summed E-state index contributed by atoms with van der Waals surface area (Å²) in [5.74, 6) is 1.48. The highest BCUT2D eigenvalue weighted by atomic mass is 16.5. The minimum Gasteiger partial charge on any atom is -0.486 e. The second kappa shape index (κ2) is 10.6. The van der Waals surface area contributed by atoms with Gasteiger partial charge in [-0.15, -0.1) is 5.10 Å². The van der Waals surface area contributed by atoms with E-state index in [1.54, 1.807) is 0 Å². The van der Waals surface area contributed by atoms with Crippen LogP contribution in [0.2, 0.25) is 0 Å². The SMILES string of the molecule is Cc1ccccc1Cn1cc(COc2ccccc2-c2nc(-c3ccccc3)c(-c3ccccc3)[nH]2)nn1. The van der Waals surface area contributed by atoms with Crippen LogP contribution >= 0.6 is 0 Å². The molecule has 0 radical (unpaired) electrons. The molecule has 2 heterocycles. The van der Waals surface area contributed by atoms with Gasteiger partial charge in [-0.2, -0.15) is 0 Å². The fourth-order valence-electron chi connectivity index (χ4n) is 4.50. The number of nitrogens with one attached hydrogen (secondary N) is 1. The van der Waals surface area contributed by atoms with Gasteiger partial charge in [-0.1, -0.05) is 102 Å². The van der Waals surface area contributed by atoms with Gasteiger partial charge < -0.3 is 9.72 Å². The molecule has 6 heteroatoms. The molecule has 2 aromatic heterocycles. The zero-order valence-corrected chi connectivity index (χ0v) is 21.1. The number of H-pyrrole nitrogens is 1. The Morgan fingerprint density at radius 3 is 2.24 bits per heavy atom. The van der Waals surface area contributed by atoms with Crippen LogP contribution in [0.4, 0.5) is 0 Å². The number of aryl methyl sites for hydroxylation is 1. The van der Waals surface area contributed by atoms with E-state index in [2.05, 4.69) is 58.6 Å². The number of imidazole rings is 1. The quantitative estimate of drug-likeness (QED) is 0.247. The molecule has 0 bridgehead atoms. The fourth-order valence-corrected chi connectivity index (χ4v) is 4.50. The van der Waals surface area contributed by atoms with E-state index in [4.69, 9.17) is 9.72 Å². The molecular weight excluding hydrogens is 470 g/mol. The van der Waals surface area contributed by atoms with Crippen molar-refractivity contribution in [1.29, 1.82) is 0 Å². The number of nitrogens with zero attached hydrogens (tertiary/aromatic N) is 4. The van der Waals surface area contributed by atoms with Crippen molar-refractivity contribution in [1.82, 2.24) is 25.0 Å². The van der Waals surface area contributed by atoms with E-state index in [-0.39, 0.29) is 0 Å². The predicted molar refractivity (Wildman–Crippen MR) is 150 cm³/mol. The smallest absolute Gasteiger partial charge is 0.142 e. The van der Waals surface area contributed by atoms with Gasteiger partial charge >= 0.3 is 0 Å². The summed E-state index contributed by atoms with van der Waals surface area (Å²) in [6, 6.07) is 36.7. The Labute approximate surface area is 221 Å². The van der Waals surface area contributed by atoms with E-state index >= 15 is 0 Å². The first kappa shape index (κ1) is 23.4. The summed E-state index contributed by atoms with van der Waals surface area (Å²) in [4.78, 5) is 8.60. The number of hydrogen-bond donors (Lipinski definition) is 1. The zero-order valence-electron chi connectivity index (χ0n) is 21.1. The summed E-state index contributed by atoms with van der Waals surface area (Å²) < 4.78 is 8.09. The highest BCUT2D eigenvalue weighted by Crippen LogP contribution is 2.36. The summed E-state index contributed by atoms with van der Waals surface area (Å²) in [5, 5.41) is 8.62. The lowest BCUT2D eigenvalue weighted by atomic mass is 10.1. The third kappa shape index (κ3) is 4.97. The average molecular weight is 498 g/mol. The lowest BCUT2D eigenvalue weighted by molar-refractivity contribution is 0.302. The molecule has 38 heavy (non-hydrogen) atoms. The number of hydrogen-bond acceptors (Lipinski definition) is 4. The number of ether oxygens (including phenoxy) is 1. The molecule has 0 atom stereocenters. The summed E-state index contributed by atoms with van der Waals surface area (Å²) in [6.07, 6.45) is 1.93. The highest BCUT2D eigenvalue weighted by Gasteiger charge is 2.17. The van der Waals surface area contributed by atoms with Crippen LogP contribution in [-0.2, 0) is 13.2 Å². The summed E-state index contributed by atoms with van der Waals surface area (Å²) >= 11 is 0. The molecule has 0 aliphatic carbocycles. The molecular formula is C32H27N5O. The van der Waals surface area contributed by atoms with Gasteiger partial charge in [-0.05, 0) is 30.2 Å². The van der Waals surface area contributed by atoms with Crippen LogP contribution in [0.5, 0.6) is 5.75 Å². The molecule has 186 valence electrons. The Morgan fingerprint density at radius 2 is 1.45 bits per heavy atom. The summed E-state index contributed by atoms with van der Waals surface area (Å²) in [6.45, 7) is 3.09. The molecule has 4 aromatic carbocycles. The maximum atomic E-state index is 6.25. The Balaban J connectivity index is 1.27. The second-order valence-corrected chi connectivity index (χ2v) is 9.16. The molecule has 1 N–H and O–H groups in total. The minimum atomic E-state index is 0.308. The molecule has 6 nitrogen and oxygen atoms in total. The van der Waals surface area contributed by atoms with Crippen molar-refractivity contribution in [2.75, 3.05) is 0 Å². The van der Waals surface area contributed by atoms with Crippen molar-refractivity contribution in [2.45, 2.75) is 20.1 Å². The maximum Gasteiger partial charge on any atom is 0.142 e. The Bertz CT molecular complexity index is 1600. The third-order valence-electron chi connectivity index (χ3n) is 6.51. The molecule has 0 spiro atoms. The topological polar surface area (TPSA) is 68.6 Å². The molecule has 0 aliphatic rings. The Kier molecular flexibility index (Phi) is 6.51. The van der Waals surface area contributed by atoms with Crippen molar-refractivity contribution < 1.29 is 4.74 Å². The second-order valence-electron chi connectivity index (χ2n) is 9.16. The molecule has 0 amide bonds. The van der Waals surface area contributed by atoms with Crippen LogP contribution in [0.25, 0.3) is 33.9 Å². The first-order valence-electron chi connectivity index (χ1n) is 12.6. The van der Waals surface area contributed by atoms with Crippen molar-refractivity contribution in [3.63, 3.8) is 0 Å². The van der Waals surface area contributed by atoms with Gasteiger partial charge in [0, 0.05) is 11.1 Å². The van der Waals surface area contributed by atoms with Crippen molar-refractivity contribution in [3.8, 4) is 39.7 Å². The molecule has 0 unspecified atom stereocenters. The van der Waals surface area contributed by atoms with E-state index in [0.717, 1.165) is 45.3 Å². The van der Waals surface area contributed by atoms with Crippen molar-refractivity contribution >= 4 is 0 Å². The Hall–Kier alpha value is -4.97. The summed E-state index contributed by atoms with van der Waals surface area (Å²) in [7, 11) is 0. The maximum absolute atomic E-state index is 6.25. The van der Waals surface area contributed by atoms with E-state index in [0.29, 0.717) is 13.2 Å². The number of rotatable bonds is 8. The van der Waals surface area contributed by atoms with Crippen LogP contribution in [0.1, 0.15) is 16.8 Å².